The van der Waals surface area contributed by atoms with Gasteiger partial charge in [0.1, 0.15) is 12.4 Å². The van der Waals surface area contributed by atoms with Crippen molar-refractivity contribution < 1.29 is 68.4 Å². The van der Waals surface area contributed by atoms with E-state index in [-0.39, 0.29) is 30.7 Å². The number of carbonyl (C=O) groups is 1. The number of aliphatic carboxylic acids is 1. The maximum Gasteiger partial charge on any atom is 0.435 e. The standard InChI is InChI=1S/C31H39F9O6/c1-27-12-11-22-21-8-6-20(44-14-3-2-13-43-18-26(41)42)17-19(21)5-7-23(22)24(27)9-10-25(27)45-15-4-16-46-28(29(32,33)34,30(35,36)37)31(38,39)40/h6,8,17,22-25H,2-5,7,9-16,18H2,1H3,(H,41,42)/t22-,23-,24+,25+,27+/m1/s1. The number of alkyl halides is 9. The van der Waals surface area contributed by atoms with Crippen LogP contribution < -0.4 is 4.74 Å². The third-order valence-electron chi connectivity index (χ3n) is 9.91. The van der Waals surface area contributed by atoms with E-state index in [1.165, 1.54) is 11.1 Å². The Labute approximate surface area is 260 Å². The van der Waals surface area contributed by atoms with Crippen LogP contribution in [0, 0.1) is 17.3 Å². The van der Waals surface area contributed by atoms with Gasteiger partial charge >= 0.3 is 30.1 Å². The zero-order valence-electron chi connectivity index (χ0n) is 25.3. The van der Waals surface area contributed by atoms with Gasteiger partial charge in [0.15, 0.2) is 0 Å². The van der Waals surface area contributed by atoms with E-state index in [1.807, 2.05) is 6.07 Å². The van der Waals surface area contributed by atoms with Crippen LogP contribution in [0.15, 0.2) is 18.2 Å². The molecule has 0 radical (unpaired) electrons. The molecular weight excluding hydrogens is 639 g/mol. The Hall–Kier alpha value is -2.26. The van der Waals surface area contributed by atoms with Gasteiger partial charge in [-0.3, -0.25) is 0 Å². The molecular formula is C31H39F9O6. The molecule has 15 heteroatoms. The van der Waals surface area contributed by atoms with Gasteiger partial charge in [-0.25, -0.2) is 4.79 Å². The number of fused-ring (bicyclic) bond motifs is 5. The molecule has 0 aliphatic heterocycles. The van der Waals surface area contributed by atoms with E-state index in [1.54, 1.807) is 0 Å². The van der Waals surface area contributed by atoms with Crippen molar-refractivity contribution in [2.24, 2.45) is 17.3 Å². The number of benzene rings is 1. The fraction of sp³-hybridized carbons (Fsp3) is 0.774. The Morgan fingerprint density at radius 3 is 2.20 bits per heavy atom. The minimum atomic E-state index is -6.75. The predicted octanol–water partition coefficient (Wildman–Crippen LogP) is 8.02. The average molecular weight is 679 g/mol. The summed E-state index contributed by atoms with van der Waals surface area (Å²) in [6.45, 7) is 0.822. The molecule has 6 nitrogen and oxygen atoms in total. The third kappa shape index (κ3) is 7.40. The van der Waals surface area contributed by atoms with Crippen LogP contribution in [-0.4, -0.2) is 74.3 Å². The van der Waals surface area contributed by atoms with E-state index in [0.717, 1.165) is 37.9 Å². The van der Waals surface area contributed by atoms with Crippen molar-refractivity contribution in [3.05, 3.63) is 29.3 Å². The van der Waals surface area contributed by atoms with E-state index < -0.39 is 43.1 Å². The number of unbranched alkanes of at least 4 members (excludes halogenated alkanes) is 1. The van der Waals surface area contributed by atoms with Gasteiger partial charge in [-0.1, -0.05) is 13.0 Å². The maximum absolute atomic E-state index is 13.1. The van der Waals surface area contributed by atoms with E-state index in [4.69, 9.17) is 19.3 Å². The van der Waals surface area contributed by atoms with Crippen molar-refractivity contribution in [1.82, 2.24) is 0 Å². The van der Waals surface area contributed by atoms with E-state index >= 15 is 0 Å². The van der Waals surface area contributed by atoms with Crippen molar-refractivity contribution in [1.29, 1.82) is 0 Å². The molecule has 46 heavy (non-hydrogen) atoms. The highest BCUT2D eigenvalue weighted by Crippen LogP contribution is 2.62. The molecule has 1 aromatic rings. The van der Waals surface area contributed by atoms with E-state index in [0.29, 0.717) is 44.3 Å². The summed E-state index contributed by atoms with van der Waals surface area (Å²) in [6.07, 6.45) is -14.8. The first kappa shape index (κ1) is 36.6. The number of ether oxygens (including phenoxy) is 4. The molecule has 262 valence electrons. The normalized spacial score (nSPS) is 26.7. The summed E-state index contributed by atoms with van der Waals surface area (Å²) in [7, 11) is 0. The molecule has 2 fully saturated rings. The molecule has 3 aliphatic carbocycles. The highest BCUT2D eigenvalue weighted by atomic mass is 19.4. The second kappa shape index (κ2) is 14.1. The van der Waals surface area contributed by atoms with Crippen LogP contribution in [0.2, 0.25) is 0 Å². The van der Waals surface area contributed by atoms with Gasteiger partial charge < -0.3 is 24.1 Å². The predicted molar refractivity (Wildman–Crippen MR) is 145 cm³/mol. The van der Waals surface area contributed by atoms with Crippen LogP contribution in [0.4, 0.5) is 39.5 Å². The quantitative estimate of drug-likeness (QED) is 0.159. The average Bonchev–Trinajstić information content (AvgIpc) is 3.27. The summed E-state index contributed by atoms with van der Waals surface area (Å²) in [5, 5.41) is 8.59. The molecule has 4 rings (SSSR count). The monoisotopic (exact) mass is 678 g/mol. The topological polar surface area (TPSA) is 74.2 Å². The van der Waals surface area contributed by atoms with Crippen LogP contribution in [-0.2, 0) is 25.4 Å². The van der Waals surface area contributed by atoms with Gasteiger partial charge in [0, 0.05) is 13.2 Å². The third-order valence-corrected chi connectivity index (χ3v) is 9.91. The van der Waals surface area contributed by atoms with Crippen LogP contribution in [0.25, 0.3) is 0 Å². The largest absolute Gasteiger partial charge is 0.494 e. The lowest BCUT2D eigenvalue weighted by molar-refractivity contribution is -0.457. The van der Waals surface area contributed by atoms with Gasteiger partial charge in [-0.15, -0.1) is 0 Å². The lowest BCUT2D eigenvalue weighted by atomic mass is 9.55. The number of carboxylic acid groups (broad SMARTS) is 1. The second-order valence-corrected chi connectivity index (χ2v) is 12.6. The van der Waals surface area contributed by atoms with Crippen molar-refractivity contribution in [2.75, 3.05) is 33.0 Å². The zero-order valence-corrected chi connectivity index (χ0v) is 25.3. The summed E-state index contributed by atoms with van der Waals surface area (Å²) in [4.78, 5) is 10.5. The highest BCUT2D eigenvalue weighted by molar-refractivity contribution is 5.67. The molecule has 0 heterocycles. The minimum absolute atomic E-state index is 0.273. The van der Waals surface area contributed by atoms with E-state index in [9.17, 15) is 44.3 Å². The first-order valence-electron chi connectivity index (χ1n) is 15.4. The molecule has 1 aromatic carbocycles. The fourth-order valence-corrected chi connectivity index (χ4v) is 7.77. The number of hydrogen-bond acceptors (Lipinski definition) is 5. The summed E-state index contributed by atoms with van der Waals surface area (Å²) in [5.41, 5.74) is -4.04. The Kier molecular flexibility index (Phi) is 11.2. The highest BCUT2D eigenvalue weighted by Gasteiger charge is 2.85. The molecule has 0 saturated heterocycles. The lowest BCUT2D eigenvalue weighted by Gasteiger charge is -2.50. The first-order valence-corrected chi connectivity index (χ1v) is 15.4. The van der Waals surface area contributed by atoms with Gasteiger partial charge in [-0.2, -0.15) is 39.5 Å². The minimum Gasteiger partial charge on any atom is -0.494 e. The first-order chi connectivity index (χ1) is 21.4. The molecule has 0 bridgehead atoms. The summed E-state index contributed by atoms with van der Waals surface area (Å²) < 4.78 is 138. The van der Waals surface area contributed by atoms with Crippen LogP contribution in [0.5, 0.6) is 5.75 Å². The summed E-state index contributed by atoms with van der Waals surface area (Å²) >= 11 is 0. The van der Waals surface area contributed by atoms with Crippen molar-refractivity contribution >= 4 is 5.97 Å². The van der Waals surface area contributed by atoms with Crippen molar-refractivity contribution in [3.8, 4) is 5.75 Å². The van der Waals surface area contributed by atoms with Crippen LogP contribution in [0.3, 0.4) is 0 Å². The number of carboxylic acids is 1. The van der Waals surface area contributed by atoms with E-state index in [2.05, 4.69) is 23.8 Å². The van der Waals surface area contributed by atoms with Crippen LogP contribution in [0.1, 0.15) is 75.3 Å². The Balaban J connectivity index is 1.28. The van der Waals surface area contributed by atoms with Gasteiger partial charge in [0.25, 0.3) is 0 Å². The number of hydrogen-bond donors (Lipinski definition) is 1. The smallest absolute Gasteiger partial charge is 0.435 e. The van der Waals surface area contributed by atoms with Gasteiger partial charge in [-0.05, 0) is 104 Å². The molecule has 0 aromatic heterocycles. The molecule has 0 spiro atoms. The molecule has 3 aliphatic rings. The number of aryl methyl sites for hydroxylation is 1. The Morgan fingerprint density at radius 2 is 1.54 bits per heavy atom. The summed E-state index contributed by atoms with van der Waals surface area (Å²) in [5.74, 6) is 0.736. The molecule has 1 N–H and O–H groups in total. The van der Waals surface area contributed by atoms with Gasteiger partial charge in [0.05, 0.1) is 19.3 Å². The van der Waals surface area contributed by atoms with Crippen molar-refractivity contribution in [2.45, 2.75) is 101 Å². The molecule has 0 unspecified atom stereocenters. The number of halogens is 9. The lowest BCUT2D eigenvalue weighted by Crippen LogP contribution is -2.67. The Morgan fingerprint density at radius 1 is 0.870 bits per heavy atom. The van der Waals surface area contributed by atoms with Crippen LogP contribution >= 0.6 is 0 Å². The number of rotatable bonds is 14. The maximum atomic E-state index is 13.1. The zero-order chi connectivity index (χ0) is 34.0. The molecule has 5 atom stereocenters. The molecule has 2 saturated carbocycles. The van der Waals surface area contributed by atoms with Gasteiger partial charge in [0.2, 0.25) is 0 Å². The SMILES string of the molecule is C[C@]12CC[C@@H]3c4ccc(OCCCCOCC(=O)O)cc4CC[C@H]3[C@@H]1CC[C@@H]2OCCCOC(C(F)(F)F)(C(F)(F)F)C(F)(F)F. The summed E-state index contributed by atoms with van der Waals surface area (Å²) in [6, 6.07) is 6.11. The fourth-order valence-electron chi connectivity index (χ4n) is 7.77. The second-order valence-electron chi connectivity index (χ2n) is 12.6. The molecule has 0 amide bonds. The Bertz CT molecular complexity index is 1150. The van der Waals surface area contributed by atoms with Crippen molar-refractivity contribution in [3.63, 3.8) is 0 Å².